The van der Waals surface area contributed by atoms with Crippen LogP contribution in [0.3, 0.4) is 0 Å². The molecule has 3 rings (SSSR count). The van der Waals surface area contributed by atoms with E-state index in [4.69, 9.17) is 21.1 Å². The van der Waals surface area contributed by atoms with Gasteiger partial charge in [0.15, 0.2) is 11.5 Å². The normalized spacial score (nSPS) is 14.6. The molecule has 1 fully saturated rings. The van der Waals surface area contributed by atoms with Crippen LogP contribution in [0.5, 0.6) is 11.5 Å². The third kappa shape index (κ3) is 5.16. The Kier molecular flexibility index (Phi) is 6.81. The third-order valence-electron chi connectivity index (χ3n) is 4.42. The van der Waals surface area contributed by atoms with Crippen LogP contribution in [-0.4, -0.2) is 43.0 Å². The van der Waals surface area contributed by atoms with Crippen molar-refractivity contribution in [3.8, 4) is 11.5 Å². The number of imide groups is 1. The van der Waals surface area contributed by atoms with Gasteiger partial charge in [0.05, 0.1) is 18.7 Å². The minimum absolute atomic E-state index is 0.0237. The number of nitrogens with zero attached hydrogens (tertiary/aromatic N) is 1. The molecule has 1 aliphatic heterocycles. The molecule has 2 N–H and O–H groups in total. The van der Waals surface area contributed by atoms with Gasteiger partial charge in [-0.05, 0) is 55.3 Å². The van der Waals surface area contributed by atoms with Gasteiger partial charge < -0.3 is 20.1 Å². The Balaban J connectivity index is 1.76. The van der Waals surface area contributed by atoms with Crippen molar-refractivity contribution in [2.45, 2.75) is 13.8 Å². The Bertz CT molecular complexity index is 1070. The summed E-state index contributed by atoms with van der Waals surface area (Å²) in [7, 11) is 1.47. The maximum atomic E-state index is 12.7. The summed E-state index contributed by atoms with van der Waals surface area (Å²) >= 11 is 6.26. The summed E-state index contributed by atoms with van der Waals surface area (Å²) in [6.07, 6.45) is 1.46. The van der Waals surface area contributed by atoms with Gasteiger partial charge in [-0.1, -0.05) is 23.7 Å². The first-order valence-electron chi connectivity index (χ1n) is 9.53. The number of rotatable bonds is 7. The highest BCUT2D eigenvalue weighted by atomic mass is 35.5. The fourth-order valence-corrected chi connectivity index (χ4v) is 3.33. The van der Waals surface area contributed by atoms with Crippen LogP contribution in [0.2, 0.25) is 5.02 Å². The highest BCUT2D eigenvalue weighted by Gasteiger charge is 2.35. The van der Waals surface area contributed by atoms with E-state index in [9.17, 15) is 14.4 Å². The van der Waals surface area contributed by atoms with E-state index in [1.54, 1.807) is 30.3 Å². The van der Waals surface area contributed by atoms with Crippen molar-refractivity contribution < 1.29 is 23.9 Å². The van der Waals surface area contributed by atoms with Crippen LogP contribution in [0.4, 0.5) is 10.5 Å². The summed E-state index contributed by atoms with van der Waals surface area (Å²) in [6, 6.07) is 9.76. The van der Waals surface area contributed by atoms with Crippen LogP contribution in [0, 0.1) is 6.92 Å². The van der Waals surface area contributed by atoms with Crippen molar-refractivity contribution in [2.75, 3.05) is 25.6 Å². The molecular formula is C22H22ClN3O5. The summed E-state index contributed by atoms with van der Waals surface area (Å²) in [5.41, 5.74) is 2.11. The number of carbonyl (C=O) groups excluding carboxylic acids is 3. The number of aryl methyl sites for hydroxylation is 1. The van der Waals surface area contributed by atoms with Gasteiger partial charge in [-0.25, -0.2) is 9.69 Å². The fraction of sp³-hybridized carbons (Fsp3) is 0.227. The zero-order valence-corrected chi connectivity index (χ0v) is 18.1. The molecule has 4 amide bonds. The Morgan fingerprint density at radius 1 is 1.26 bits per heavy atom. The number of hydrogen-bond donors (Lipinski definition) is 2. The Hall–Kier alpha value is -3.52. The number of hydrogen-bond acceptors (Lipinski definition) is 5. The molecule has 0 spiro atoms. The number of amides is 4. The average Bonchev–Trinajstić information content (AvgIpc) is 2.97. The maximum absolute atomic E-state index is 12.7. The molecule has 9 heteroatoms. The molecule has 2 aromatic carbocycles. The van der Waals surface area contributed by atoms with Crippen molar-refractivity contribution in [3.05, 3.63) is 58.2 Å². The highest BCUT2D eigenvalue weighted by molar-refractivity contribution is 6.32. The van der Waals surface area contributed by atoms with Gasteiger partial charge in [-0.3, -0.25) is 9.59 Å². The van der Waals surface area contributed by atoms with Crippen molar-refractivity contribution in [2.24, 2.45) is 0 Å². The Morgan fingerprint density at radius 2 is 2.03 bits per heavy atom. The van der Waals surface area contributed by atoms with Crippen molar-refractivity contribution >= 4 is 41.2 Å². The number of methoxy groups -OCH3 is 1. The molecule has 1 saturated heterocycles. The standard InChI is InChI=1S/C22H22ClN3O5/c1-4-31-20-16(23)9-14(11-18(20)30-3)10-17-21(28)26(22(29)25-17)12-19(27)24-15-7-5-6-13(2)8-15/h5-11H,4,12H2,1-3H3,(H,24,27)(H,25,29)/b17-10+. The van der Waals surface area contributed by atoms with E-state index in [0.717, 1.165) is 10.5 Å². The first-order chi connectivity index (χ1) is 14.8. The second-order valence-corrected chi connectivity index (χ2v) is 7.17. The molecule has 0 aliphatic carbocycles. The maximum Gasteiger partial charge on any atom is 0.329 e. The topological polar surface area (TPSA) is 97.0 Å². The molecular weight excluding hydrogens is 422 g/mol. The number of benzene rings is 2. The van der Waals surface area contributed by atoms with Crippen LogP contribution in [-0.2, 0) is 9.59 Å². The summed E-state index contributed by atoms with van der Waals surface area (Å²) < 4.78 is 10.8. The molecule has 0 atom stereocenters. The van der Waals surface area contributed by atoms with Gasteiger partial charge in [-0.15, -0.1) is 0 Å². The lowest BCUT2D eigenvalue weighted by molar-refractivity contribution is -0.127. The number of anilines is 1. The summed E-state index contributed by atoms with van der Waals surface area (Å²) in [5.74, 6) is -0.313. The molecule has 0 unspecified atom stereocenters. The van der Waals surface area contributed by atoms with E-state index in [0.29, 0.717) is 34.4 Å². The van der Waals surface area contributed by atoms with Crippen LogP contribution in [0.1, 0.15) is 18.1 Å². The van der Waals surface area contributed by atoms with Gasteiger partial charge in [0.25, 0.3) is 5.91 Å². The SMILES string of the molecule is CCOc1c(Cl)cc(/C=C2/NC(=O)N(CC(=O)Nc3cccc(C)c3)C2=O)cc1OC. The number of nitrogens with one attached hydrogen (secondary N) is 2. The predicted octanol–water partition coefficient (Wildman–Crippen LogP) is 3.59. The molecule has 8 nitrogen and oxygen atoms in total. The van der Waals surface area contributed by atoms with Crippen LogP contribution < -0.4 is 20.1 Å². The predicted molar refractivity (Wildman–Crippen MR) is 117 cm³/mol. The van der Waals surface area contributed by atoms with E-state index in [2.05, 4.69) is 10.6 Å². The fourth-order valence-electron chi connectivity index (χ4n) is 3.06. The smallest absolute Gasteiger partial charge is 0.329 e. The molecule has 2 aromatic rings. The summed E-state index contributed by atoms with van der Waals surface area (Å²) in [6.45, 7) is 3.71. The van der Waals surface area contributed by atoms with Gasteiger partial charge in [0, 0.05) is 5.69 Å². The van der Waals surface area contributed by atoms with E-state index in [-0.39, 0.29) is 5.70 Å². The van der Waals surface area contributed by atoms with Crippen LogP contribution in [0.15, 0.2) is 42.1 Å². The molecule has 1 heterocycles. The van der Waals surface area contributed by atoms with Crippen molar-refractivity contribution in [1.29, 1.82) is 0 Å². The quantitative estimate of drug-likeness (QED) is 0.503. The van der Waals surface area contributed by atoms with Gasteiger partial charge in [0.1, 0.15) is 12.2 Å². The zero-order valence-electron chi connectivity index (χ0n) is 17.3. The largest absolute Gasteiger partial charge is 0.493 e. The van der Waals surface area contributed by atoms with E-state index >= 15 is 0 Å². The number of ether oxygens (including phenoxy) is 2. The van der Waals surface area contributed by atoms with Crippen molar-refractivity contribution in [3.63, 3.8) is 0 Å². The Morgan fingerprint density at radius 3 is 2.71 bits per heavy atom. The molecule has 0 saturated carbocycles. The molecule has 0 radical (unpaired) electrons. The van der Waals surface area contributed by atoms with Gasteiger partial charge in [-0.2, -0.15) is 0 Å². The summed E-state index contributed by atoms with van der Waals surface area (Å²) in [4.78, 5) is 38.1. The van der Waals surface area contributed by atoms with Gasteiger partial charge in [0.2, 0.25) is 5.91 Å². The number of halogens is 1. The zero-order chi connectivity index (χ0) is 22.5. The number of urea groups is 1. The lowest BCUT2D eigenvalue weighted by atomic mass is 10.1. The van der Waals surface area contributed by atoms with Crippen LogP contribution in [0.25, 0.3) is 6.08 Å². The lowest BCUT2D eigenvalue weighted by Crippen LogP contribution is -2.38. The summed E-state index contributed by atoms with van der Waals surface area (Å²) in [5, 5.41) is 5.46. The lowest BCUT2D eigenvalue weighted by Gasteiger charge is -2.12. The first-order valence-corrected chi connectivity index (χ1v) is 9.91. The minimum Gasteiger partial charge on any atom is -0.493 e. The molecule has 0 bridgehead atoms. The van der Waals surface area contributed by atoms with E-state index < -0.39 is 24.4 Å². The van der Waals surface area contributed by atoms with E-state index in [1.165, 1.54) is 13.2 Å². The Labute approximate surface area is 184 Å². The molecule has 0 aromatic heterocycles. The molecule has 162 valence electrons. The molecule has 31 heavy (non-hydrogen) atoms. The van der Waals surface area contributed by atoms with Crippen LogP contribution >= 0.6 is 11.6 Å². The van der Waals surface area contributed by atoms with E-state index in [1.807, 2.05) is 19.9 Å². The number of carbonyl (C=O) groups is 3. The van der Waals surface area contributed by atoms with Crippen molar-refractivity contribution in [1.82, 2.24) is 10.2 Å². The first kappa shape index (κ1) is 22.2. The second kappa shape index (κ2) is 9.53. The third-order valence-corrected chi connectivity index (χ3v) is 4.70. The minimum atomic E-state index is -0.681. The monoisotopic (exact) mass is 443 g/mol. The second-order valence-electron chi connectivity index (χ2n) is 6.76. The average molecular weight is 444 g/mol. The molecule has 1 aliphatic rings. The van der Waals surface area contributed by atoms with Gasteiger partial charge >= 0.3 is 6.03 Å². The highest BCUT2D eigenvalue weighted by Crippen LogP contribution is 2.37.